The summed E-state index contributed by atoms with van der Waals surface area (Å²) in [5, 5.41) is 38.0. The van der Waals surface area contributed by atoms with Crippen LogP contribution in [0.15, 0.2) is 69.8 Å². The van der Waals surface area contributed by atoms with Crippen LogP contribution in [0.5, 0.6) is 0 Å². The lowest BCUT2D eigenvalue weighted by Gasteiger charge is -2.03. The van der Waals surface area contributed by atoms with Crippen LogP contribution in [0.3, 0.4) is 0 Å². The molecule has 0 fully saturated rings. The van der Waals surface area contributed by atoms with Gasteiger partial charge in [-0.3, -0.25) is 14.9 Å². The van der Waals surface area contributed by atoms with Gasteiger partial charge in [-0.15, -0.1) is 10.2 Å². The van der Waals surface area contributed by atoms with Crippen molar-refractivity contribution in [2.45, 2.75) is 6.92 Å². The molecule has 0 aliphatic heterocycles. The van der Waals surface area contributed by atoms with Crippen LogP contribution in [0.4, 0.5) is 17.2 Å². The van der Waals surface area contributed by atoms with E-state index in [-0.39, 0.29) is 22.6 Å². The Labute approximate surface area is 184 Å². The number of nitriles is 1. The normalized spacial score (nSPS) is 11.4. The number of H-pyrrole nitrogens is 1. The Morgan fingerprint density at radius 1 is 1.15 bits per heavy atom. The number of para-hydroxylation sites is 1. The largest absolute Gasteiger partial charge is 0.304 e. The second-order valence-electron chi connectivity index (χ2n) is 7.04. The molecule has 0 aliphatic carbocycles. The molecule has 0 bridgehead atoms. The number of benzene rings is 2. The van der Waals surface area contributed by atoms with Gasteiger partial charge in [0.25, 0.3) is 11.2 Å². The van der Waals surface area contributed by atoms with Crippen LogP contribution in [-0.2, 0) is 0 Å². The van der Waals surface area contributed by atoms with Gasteiger partial charge in [-0.25, -0.2) is 9.20 Å². The van der Waals surface area contributed by atoms with Crippen molar-refractivity contribution in [3.63, 3.8) is 0 Å². The molecule has 0 amide bonds. The van der Waals surface area contributed by atoms with Crippen LogP contribution < -0.4 is 5.56 Å². The van der Waals surface area contributed by atoms with Crippen molar-refractivity contribution in [1.82, 2.24) is 24.4 Å². The lowest BCUT2D eigenvalue weighted by Crippen LogP contribution is -2.09. The number of nitrogens with one attached hydrogen (secondary N) is 1. The molecule has 5 rings (SSSR count). The van der Waals surface area contributed by atoms with E-state index in [2.05, 4.69) is 25.4 Å². The van der Waals surface area contributed by atoms with Gasteiger partial charge in [0, 0.05) is 12.1 Å². The number of fused-ring (bicyclic) bond motifs is 3. The fraction of sp³-hybridized carbons (Fsp3) is 0.0476. The van der Waals surface area contributed by atoms with Crippen molar-refractivity contribution in [2.24, 2.45) is 10.2 Å². The van der Waals surface area contributed by atoms with Gasteiger partial charge >= 0.3 is 0 Å². The van der Waals surface area contributed by atoms with Crippen molar-refractivity contribution in [3.05, 3.63) is 86.5 Å². The van der Waals surface area contributed by atoms with Gasteiger partial charge in [-0.1, -0.05) is 12.1 Å². The van der Waals surface area contributed by atoms with Gasteiger partial charge in [-0.05, 0) is 31.2 Å². The first-order chi connectivity index (χ1) is 16.0. The summed E-state index contributed by atoms with van der Waals surface area (Å²) in [6.07, 6.45) is 1.33. The number of aromatic nitrogens is 5. The number of aromatic amines is 1. The number of non-ortho nitro benzene ring substituents is 1. The van der Waals surface area contributed by atoms with E-state index >= 15 is 0 Å². The summed E-state index contributed by atoms with van der Waals surface area (Å²) < 4.78 is 2.93. The summed E-state index contributed by atoms with van der Waals surface area (Å²) in [7, 11) is 0. The molecule has 0 spiro atoms. The van der Waals surface area contributed by atoms with Crippen LogP contribution in [0.1, 0.15) is 11.3 Å². The topological polar surface area (TPSA) is 160 Å². The van der Waals surface area contributed by atoms with Crippen molar-refractivity contribution >= 4 is 33.7 Å². The van der Waals surface area contributed by atoms with E-state index in [1.807, 2.05) is 6.07 Å². The van der Waals surface area contributed by atoms with Crippen molar-refractivity contribution in [3.8, 4) is 11.8 Å². The predicted octanol–water partition coefficient (Wildman–Crippen LogP) is 3.87. The highest BCUT2D eigenvalue weighted by molar-refractivity contribution is 5.83. The molecule has 12 heteroatoms. The number of hydrogen-bond acceptors (Lipinski definition) is 8. The lowest BCUT2D eigenvalue weighted by molar-refractivity contribution is -0.384. The average Bonchev–Trinajstić information content (AvgIpc) is 3.38. The molecule has 5 aromatic rings. The van der Waals surface area contributed by atoms with Crippen LogP contribution in [0, 0.1) is 28.4 Å². The van der Waals surface area contributed by atoms with E-state index in [1.165, 1.54) is 35.1 Å². The number of azo groups is 1. The highest BCUT2D eigenvalue weighted by Gasteiger charge is 2.17. The highest BCUT2D eigenvalue weighted by atomic mass is 16.6. The van der Waals surface area contributed by atoms with Crippen molar-refractivity contribution in [1.29, 1.82) is 5.26 Å². The maximum atomic E-state index is 12.5. The zero-order chi connectivity index (χ0) is 23.1. The van der Waals surface area contributed by atoms with Gasteiger partial charge < -0.3 is 4.98 Å². The molecule has 0 unspecified atom stereocenters. The van der Waals surface area contributed by atoms with Crippen LogP contribution in [0.25, 0.3) is 22.2 Å². The van der Waals surface area contributed by atoms with Crippen molar-refractivity contribution < 1.29 is 4.92 Å². The summed E-state index contributed by atoms with van der Waals surface area (Å²) in [5.74, 6) is 0.133. The molecule has 0 radical (unpaired) electrons. The van der Waals surface area contributed by atoms with Gasteiger partial charge in [0.15, 0.2) is 17.2 Å². The SMILES string of the molecule is Cc1nn2c([nH]c(=O)c3ccccc32)c1N=Nc1c(C#N)cnn1-c1ccc([N+](=O)[O-])cc1. The number of nitro benzene ring substituents is 1. The van der Waals surface area contributed by atoms with Crippen molar-refractivity contribution in [2.75, 3.05) is 0 Å². The Hall–Kier alpha value is -5.18. The molecular formula is C21H13N9O3. The summed E-state index contributed by atoms with van der Waals surface area (Å²) in [5.41, 5.74) is 2.09. The molecule has 0 aliphatic rings. The third-order valence-corrected chi connectivity index (χ3v) is 5.05. The summed E-state index contributed by atoms with van der Waals surface area (Å²) in [6, 6.07) is 14.7. The standard InChI is InChI=1S/C21H13N9O3/c1-12-18(20-24-21(31)16-4-2-3-5-17(16)29(20)27-12)25-26-19-13(10-22)11-23-28(19)14-6-8-15(9-7-14)30(32)33/h2-9,11H,1H3,(H,24,31). The summed E-state index contributed by atoms with van der Waals surface area (Å²) in [4.78, 5) is 25.7. The Kier molecular flexibility index (Phi) is 4.49. The predicted molar refractivity (Wildman–Crippen MR) is 117 cm³/mol. The van der Waals surface area contributed by atoms with E-state index in [0.717, 1.165) is 0 Å². The number of nitrogens with zero attached hydrogens (tertiary/aromatic N) is 8. The zero-order valence-corrected chi connectivity index (χ0v) is 17.0. The molecule has 2 aromatic carbocycles. The Morgan fingerprint density at radius 3 is 2.64 bits per heavy atom. The van der Waals surface area contributed by atoms with Crippen LogP contribution >= 0.6 is 0 Å². The monoisotopic (exact) mass is 439 g/mol. The van der Waals surface area contributed by atoms with E-state index in [4.69, 9.17) is 0 Å². The fourth-order valence-electron chi connectivity index (χ4n) is 3.47. The first-order valence-electron chi connectivity index (χ1n) is 9.63. The van der Waals surface area contributed by atoms with Gasteiger partial charge in [0.05, 0.1) is 33.4 Å². The second kappa shape index (κ2) is 7.50. The summed E-state index contributed by atoms with van der Waals surface area (Å²) >= 11 is 0. The molecule has 1 N–H and O–H groups in total. The first kappa shape index (κ1) is 19.8. The van der Waals surface area contributed by atoms with Gasteiger partial charge in [-0.2, -0.15) is 15.5 Å². The van der Waals surface area contributed by atoms with Gasteiger partial charge in [0.2, 0.25) is 0 Å². The molecule has 0 atom stereocenters. The van der Waals surface area contributed by atoms with Crippen LogP contribution in [0.2, 0.25) is 0 Å². The maximum absolute atomic E-state index is 12.5. The first-order valence-corrected chi connectivity index (χ1v) is 9.63. The molecule has 12 nitrogen and oxygen atoms in total. The minimum atomic E-state index is -0.507. The third kappa shape index (κ3) is 3.20. The minimum Gasteiger partial charge on any atom is -0.304 e. The number of aryl methyl sites for hydroxylation is 1. The molecular weight excluding hydrogens is 426 g/mol. The molecule has 33 heavy (non-hydrogen) atoms. The third-order valence-electron chi connectivity index (χ3n) is 5.05. The summed E-state index contributed by atoms with van der Waals surface area (Å²) in [6.45, 7) is 1.73. The minimum absolute atomic E-state index is 0.0762. The van der Waals surface area contributed by atoms with E-state index in [1.54, 1.807) is 35.7 Å². The molecule has 3 heterocycles. The average molecular weight is 439 g/mol. The Bertz CT molecular complexity index is 1680. The highest BCUT2D eigenvalue weighted by Crippen LogP contribution is 2.30. The van der Waals surface area contributed by atoms with Crippen LogP contribution in [-0.4, -0.2) is 29.3 Å². The number of hydrogen-bond donors (Lipinski definition) is 1. The van der Waals surface area contributed by atoms with Gasteiger partial charge in [0.1, 0.15) is 11.6 Å². The quantitative estimate of drug-likeness (QED) is 0.254. The maximum Gasteiger partial charge on any atom is 0.269 e. The fourth-order valence-corrected chi connectivity index (χ4v) is 3.47. The Morgan fingerprint density at radius 2 is 1.91 bits per heavy atom. The Balaban J connectivity index is 1.64. The van der Waals surface area contributed by atoms with E-state index in [0.29, 0.717) is 33.6 Å². The number of rotatable bonds is 4. The zero-order valence-electron chi connectivity index (χ0n) is 17.0. The smallest absolute Gasteiger partial charge is 0.269 e. The lowest BCUT2D eigenvalue weighted by atomic mass is 10.2. The second-order valence-corrected chi connectivity index (χ2v) is 7.04. The molecule has 0 saturated carbocycles. The van der Waals surface area contributed by atoms with E-state index in [9.17, 15) is 20.2 Å². The molecule has 160 valence electrons. The molecule has 3 aromatic heterocycles. The van der Waals surface area contributed by atoms with E-state index < -0.39 is 4.92 Å². The molecule has 0 saturated heterocycles. The number of nitro groups is 1.